The van der Waals surface area contributed by atoms with Crippen LogP contribution in [0.15, 0.2) is 51.4 Å². The average molecular weight is 435 g/mol. The Bertz CT molecular complexity index is 884. The second kappa shape index (κ2) is 6.72. The molecule has 3 aromatic rings. The maximum absolute atomic E-state index is 9.90. The molecule has 0 saturated carbocycles. The first-order valence-electron chi connectivity index (χ1n) is 6.88. The molecule has 0 aliphatic heterocycles. The molecule has 3 nitrogen and oxygen atoms in total. The number of aromatic hydroxyl groups is 1. The summed E-state index contributed by atoms with van der Waals surface area (Å²) in [6.07, 6.45) is 3.87. The third-order valence-electron chi connectivity index (χ3n) is 3.39. The van der Waals surface area contributed by atoms with Gasteiger partial charge in [-0.2, -0.15) is 0 Å². The topological polar surface area (TPSA) is 42.4 Å². The maximum atomic E-state index is 9.90. The van der Waals surface area contributed by atoms with Crippen LogP contribution in [0.4, 0.5) is 0 Å². The van der Waals surface area contributed by atoms with Crippen LogP contribution in [-0.2, 0) is 0 Å². The molecule has 0 saturated heterocycles. The van der Waals surface area contributed by atoms with Crippen LogP contribution in [0.2, 0.25) is 0 Å². The van der Waals surface area contributed by atoms with Crippen molar-refractivity contribution in [3.8, 4) is 11.5 Å². The summed E-state index contributed by atoms with van der Waals surface area (Å²) in [4.78, 5) is 4.48. The minimum atomic E-state index is 0.188. The molecule has 116 valence electrons. The Balaban J connectivity index is 1.95. The lowest BCUT2D eigenvalue weighted by molar-refractivity contribution is 0.409. The Morgan fingerprint density at radius 2 is 1.78 bits per heavy atom. The number of benzene rings is 2. The van der Waals surface area contributed by atoms with Gasteiger partial charge in [0, 0.05) is 5.39 Å². The summed E-state index contributed by atoms with van der Waals surface area (Å²) in [6, 6.07) is 13.2. The standard InChI is InChI=1S/C18H13Br2NO2/c1-23-18-14(19)9-11(10-15(18)20)5-7-13-8-6-12-3-2-4-16(22)17(12)21-13/h2-10,22H,1H3. The molecule has 0 spiro atoms. The summed E-state index contributed by atoms with van der Waals surface area (Å²) >= 11 is 6.98. The Morgan fingerprint density at radius 3 is 2.48 bits per heavy atom. The number of fused-ring (bicyclic) bond motifs is 1. The first kappa shape index (κ1) is 16.0. The fourth-order valence-corrected chi connectivity index (χ4v) is 3.84. The van der Waals surface area contributed by atoms with Gasteiger partial charge in [0.15, 0.2) is 0 Å². The molecule has 0 bridgehead atoms. The summed E-state index contributed by atoms with van der Waals surface area (Å²) < 4.78 is 7.04. The summed E-state index contributed by atoms with van der Waals surface area (Å²) in [6.45, 7) is 0. The van der Waals surface area contributed by atoms with E-state index in [1.165, 1.54) is 0 Å². The van der Waals surface area contributed by atoms with Gasteiger partial charge in [0.2, 0.25) is 0 Å². The van der Waals surface area contributed by atoms with Crippen LogP contribution in [0.25, 0.3) is 23.1 Å². The van der Waals surface area contributed by atoms with Gasteiger partial charge < -0.3 is 9.84 Å². The van der Waals surface area contributed by atoms with Crippen LogP contribution in [-0.4, -0.2) is 17.2 Å². The molecule has 0 aliphatic rings. The van der Waals surface area contributed by atoms with Gasteiger partial charge >= 0.3 is 0 Å². The van der Waals surface area contributed by atoms with Crippen LogP contribution < -0.4 is 4.74 Å². The average Bonchev–Trinajstić information content (AvgIpc) is 2.53. The highest BCUT2D eigenvalue weighted by atomic mass is 79.9. The highest BCUT2D eigenvalue weighted by molar-refractivity contribution is 9.11. The van der Waals surface area contributed by atoms with Crippen LogP contribution in [0.5, 0.6) is 11.5 Å². The largest absolute Gasteiger partial charge is 0.506 e. The number of halogens is 2. The van der Waals surface area contributed by atoms with E-state index >= 15 is 0 Å². The minimum absolute atomic E-state index is 0.188. The third kappa shape index (κ3) is 3.41. The SMILES string of the molecule is COc1c(Br)cc(C=Cc2ccc3cccc(O)c3n2)cc1Br. The molecule has 1 N–H and O–H groups in total. The van der Waals surface area contributed by atoms with E-state index in [1.54, 1.807) is 19.2 Å². The third-order valence-corrected chi connectivity index (χ3v) is 4.57. The van der Waals surface area contributed by atoms with Crippen molar-refractivity contribution in [2.45, 2.75) is 0 Å². The van der Waals surface area contributed by atoms with Crippen LogP contribution in [0, 0.1) is 0 Å². The predicted octanol–water partition coefficient (Wildman–Crippen LogP) is 5.64. The van der Waals surface area contributed by atoms with Gasteiger partial charge in [-0.15, -0.1) is 0 Å². The first-order chi connectivity index (χ1) is 11.1. The molecule has 1 heterocycles. The van der Waals surface area contributed by atoms with E-state index < -0.39 is 0 Å². The maximum Gasteiger partial charge on any atom is 0.147 e. The Hall–Kier alpha value is -1.85. The second-order valence-corrected chi connectivity index (χ2v) is 6.64. The number of phenols is 1. The van der Waals surface area contributed by atoms with E-state index in [2.05, 4.69) is 36.8 Å². The molecule has 0 unspecified atom stereocenters. The van der Waals surface area contributed by atoms with Gasteiger partial charge in [0.25, 0.3) is 0 Å². The Morgan fingerprint density at radius 1 is 1.04 bits per heavy atom. The van der Waals surface area contributed by atoms with Gasteiger partial charge in [-0.3, -0.25) is 0 Å². The van der Waals surface area contributed by atoms with E-state index in [1.807, 2.05) is 42.5 Å². The molecule has 5 heteroatoms. The predicted molar refractivity (Wildman–Crippen MR) is 101 cm³/mol. The van der Waals surface area contributed by atoms with Gasteiger partial charge in [0.05, 0.1) is 21.7 Å². The number of nitrogens with zero attached hydrogens (tertiary/aromatic N) is 1. The highest BCUT2D eigenvalue weighted by Crippen LogP contribution is 2.35. The molecule has 0 atom stereocenters. The molecule has 0 aliphatic carbocycles. The number of ether oxygens (including phenoxy) is 1. The Kier molecular flexibility index (Phi) is 4.68. The van der Waals surface area contributed by atoms with E-state index in [0.29, 0.717) is 5.52 Å². The lowest BCUT2D eigenvalue weighted by Crippen LogP contribution is -1.87. The minimum Gasteiger partial charge on any atom is -0.506 e. The van der Waals surface area contributed by atoms with Crippen LogP contribution in [0.3, 0.4) is 0 Å². The van der Waals surface area contributed by atoms with Crippen molar-refractivity contribution in [2.24, 2.45) is 0 Å². The number of hydrogen-bond donors (Lipinski definition) is 1. The number of rotatable bonds is 3. The van der Waals surface area contributed by atoms with Gasteiger partial charge in [0.1, 0.15) is 17.0 Å². The van der Waals surface area contributed by atoms with E-state index in [-0.39, 0.29) is 5.75 Å². The van der Waals surface area contributed by atoms with E-state index in [4.69, 9.17) is 4.74 Å². The van der Waals surface area contributed by atoms with Gasteiger partial charge in [-0.1, -0.05) is 24.3 Å². The summed E-state index contributed by atoms with van der Waals surface area (Å²) in [5, 5.41) is 10.8. The fourth-order valence-electron chi connectivity index (χ4n) is 2.29. The molecular formula is C18H13Br2NO2. The normalized spacial score (nSPS) is 11.3. The summed E-state index contributed by atoms with van der Waals surface area (Å²) in [5.74, 6) is 0.948. The first-order valence-corrected chi connectivity index (χ1v) is 8.47. The second-order valence-electron chi connectivity index (χ2n) is 4.94. The van der Waals surface area contributed by atoms with Gasteiger partial charge in [-0.25, -0.2) is 4.98 Å². The number of methoxy groups -OCH3 is 1. The smallest absolute Gasteiger partial charge is 0.147 e. The van der Waals surface area contributed by atoms with Crippen molar-refractivity contribution < 1.29 is 9.84 Å². The number of phenolic OH excluding ortho intramolecular Hbond substituents is 1. The zero-order chi connectivity index (χ0) is 16.4. The molecular weight excluding hydrogens is 422 g/mol. The van der Waals surface area contributed by atoms with E-state index in [0.717, 1.165) is 31.3 Å². The van der Waals surface area contributed by atoms with Crippen molar-refractivity contribution in [2.75, 3.05) is 7.11 Å². The fraction of sp³-hybridized carbons (Fsp3) is 0.0556. The van der Waals surface area contributed by atoms with Crippen molar-refractivity contribution in [1.82, 2.24) is 4.98 Å². The number of pyridine rings is 1. The molecule has 23 heavy (non-hydrogen) atoms. The number of para-hydroxylation sites is 1. The monoisotopic (exact) mass is 433 g/mol. The molecule has 0 amide bonds. The van der Waals surface area contributed by atoms with Crippen molar-refractivity contribution in [1.29, 1.82) is 0 Å². The lowest BCUT2D eigenvalue weighted by atomic mass is 10.1. The molecule has 0 radical (unpaired) electrons. The molecule has 0 fully saturated rings. The number of aromatic nitrogens is 1. The van der Waals surface area contributed by atoms with Crippen molar-refractivity contribution in [3.63, 3.8) is 0 Å². The molecule has 3 rings (SSSR count). The van der Waals surface area contributed by atoms with Crippen molar-refractivity contribution >= 4 is 54.9 Å². The summed E-state index contributed by atoms with van der Waals surface area (Å²) in [7, 11) is 1.63. The molecule has 1 aromatic heterocycles. The quantitative estimate of drug-likeness (QED) is 0.579. The van der Waals surface area contributed by atoms with Crippen LogP contribution in [0.1, 0.15) is 11.3 Å². The van der Waals surface area contributed by atoms with E-state index in [9.17, 15) is 5.11 Å². The summed E-state index contributed by atoms with van der Waals surface area (Å²) in [5.41, 5.74) is 2.39. The highest BCUT2D eigenvalue weighted by Gasteiger charge is 2.06. The number of hydrogen-bond acceptors (Lipinski definition) is 3. The van der Waals surface area contributed by atoms with Crippen molar-refractivity contribution in [3.05, 3.63) is 62.7 Å². The van der Waals surface area contributed by atoms with Crippen LogP contribution >= 0.6 is 31.9 Å². The zero-order valence-electron chi connectivity index (χ0n) is 12.3. The molecule has 2 aromatic carbocycles. The Labute approximate surface area is 150 Å². The zero-order valence-corrected chi connectivity index (χ0v) is 15.4. The lowest BCUT2D eigenvalue weighted by Gasteiger charge is -2.07. The van der Waals surface area contributed by atoms with Gasteiger partial charge in [-0.05, 0) is 67.8 Å².